The number of hydrogen-bond acceptors (Lipinski definition) is 6. The van der Waals surface area contributed by atoms with Gasteiger partial charge in [-0.2, -0.15) is 4.98 Å². The van der Waals surface area contributed by atoms with Crippen molar-refractivity contribution in [3.63, 3.8) is 0 Å². The van der Waals surface area contributed by atoms with Crippen LogP contribution >= 0.6 is 0 Å². The molecule has 2 amide bonds. The molecule has 142 valence electrons. The fraction of sp³-hybridized carbons (Fsp3) is 0.611. The van der Waals surface area contributed by atoms with Crippen LogP contribution in [0.2, 0.25) is 0 Å². The van der Waals surface area contributed by atoms with Crippen LogP contribution in [0, 0.1) is 6.92 Å². The van der Waals surface area contributed by atoms with Gasteiger partial charge in [0.1, 0.15) is 17.6 Å². The molecule has 0 radical (unpaired) electrons. The first-order valence-electron chi connectivity index (χ1n) is 9.03. The van der Waals surface area contributed by atoms with Crippen LogP contribution in [0.4, 0.5) is 4.79 Å². The fourth-order valence-corrected chi connectivity index (χ4v) is 3.18. The first-order chi connectivity index (χ1) is 12.6. The smallest absolute Gasteiger partial charge is 0.318 e. The summed E-state index contributed by atoms with van der Waals surface area (Å²) in [7, 11) is 1.61. The van der Waals surface area contributed by atoms with Crippen molar-refractivity contribution in [3.8, 4) is 0 Å². The summed E-state index contributed by atoms with van der Waals surface area (Å²) in [6, 6.07) is 3.42. The molecule has 0 aliphatic carbocycles. The van der Waals surface area contributed by atoms with E-state index in [9.17, 15) is 4.79 Å². The van der Waals surface area contributed by atoms with Crippen molar-refractivity contribution in [2.75, 3.05) is 26.8 Å². The molecule has 2 aromatic rings. The Morgan fingerprint density at radius 1 is 1.42 bits per heavy atom. The van der Waals surface area contributed by atoms with E-state index in [0.29, 0.717) is 37.2 Å². The molecule has 0 bridgehead atoms. The van der Waals surface area contributed by atoms with Crippen LogP contribution in [0.5, 0.6) is 0 Å². The number of nitrogens with one attached hydrogen (secondary N) is 1. The molecule has 3 rings (SSSR count). The highest BCUT2D eigenvalue weighted by Crippen LogP contribution is 2.27. The molecule has 26 heavy (non-hydrogen) atoms. The number of likely N-dealkylation sites (tertiary alicyclic amines) is 1. The van der Waals surface area contributed by atoms with Gasteiger partial charge in [-0.3, -0.25) is 0 Å². The molecule has 1 atom stereocenters. The topological polar surface area (TPSA) is 93.6 Å². The molecule has 1 aliphatic heterocycles. The van der Waals surface area contributed by atoms with E-state index in [2.05, 4.69) is 15.5 Å². The minimum atomic E-state index is -0.302. The fourth-order valence-electron chi connectivity index (χ4n) is 3.18. The zero-order chi connectivity index (χ0) is 18.5. The minimum Gasteiger partial charge on any atom is -0.464 e. The Morgan fingerprint density at radius 3 is 2.77 bits per heavy atom. The first kappa shape index (κ1) is 18.4. The van der Waals surface area contributed by atoms with Gasteiger partial charge in [0.15, 0.2) is 5.82 Å². The maximum absolute atomic E-state index is 12.6. The minimum absolute atomic E-state index is 0.110. The second-order valence-corrected chi connectivity index (χ2v) is 6.56. The Bertz CT molecular complexity index is 718. The Hall–Kier alpha value is -2.35. The molecule has 1 aliphatic rings. The number of furan rings is 1. The average molecular weight is 362 g/mol. The Labute approximate surface area is 152 Å². The predicted octanol–water partition coefficient (Wildman–Crippen LogP) is 2.81. The van der Waals surface area contributed by atoms with Gasteiger partial charge in [-0.15, -0.1) is 0 Å². The molecule has 1 saturated heterocycles. The number of carbonyl (C=O) groups is 1. The average Bonchev–Trinajstić information content (AvgIpc) is 3.30. The van der Waals surface area contributed by atoms with E-state index >= 15 is 0 Å². The lowest BCUT2D eigenvalue weighted by Gasteiger charge is -2.31. The number of nitrogens with zero attached hydrogens (tertiary/aromatic N) is 3. The molecular weight excluding hydrogens is 336 g/mol. The molecule has 2 aromatic heterocycles. The van der Waals surface area contributed by atoms with Gasteiger partial charge in [0, 0.05) is 32.5 Å². The number of aryl methyl sites for hydroxylation is 2. The van der Waals surface area contributed by atoms with Crippen LogP contribution in [0.15, 0.2) is 21.1 Å². The number of aromatic nitrogens is 2. The normalized spacial score (nSPS) is 16.7. The SMILES string of the molecule is CCc1ccc(C(COC)NC(=O)N2CCC(c3nc(C)no3)CC2)o1. The van der Waals surface area contributed by atoms with E-state index in [-0.39, 0.29) is 18.0 Å². The number of urea groups is 1. The van der Waals surface area contributed by atoms with Gasteiger partial charge >= 0.3 is 6.03 Å². The van der Waals surface area contributed by atoms with E-state index in [0.717, 1.165) is 25.0 Å². The van der Waals surface area contributed by atoms with Crippen molar-refractivity contribution in [2.24, 2.45) is 0 Å². The third kappa shape index (κ3) is 4.24. The van der Waals surface area contributed by atoms with Crippen LogP contribution in [0.1, 0.15) is 55.0 Å². The Kier molecular flexibility index (Phi) is 5.92. The first-order valence-corrected chi connectivity index (χ1v) is 9.03. The van der Waals surface area contributed by atoms with E-state index in [1.54, 1.807) is 7.11 Å². The number of amides is 2. The van der Waals surface area contributed by atoms with Crippen molar-refractivity contribution >= 4 is 6.03 Å². The summed E-state index contributed by atoms with van der Waals surface area (Å²) in [4.78, 5) is 18.8. The number of methoxy groups -OCH3 is 1. The van der Waals surface area contributed by atoms with Crippen molar-refractivity contribution < 1.29 is 18.5 Å². The molecule has 1 fully saturated rings. The lowest BCUT2D eigenvalue weighted by molar-refractivity contribution is 0.140. The monoisotopic (exact) mass is 362 g/mol. The van der Waals surface area contributed by atoms with E-state index in [1.807, 2.05) is 30.9 Å². The number of rotatable bonds is 6. The standard InChI is InChI=1S/C18H26N4O4/c1-4-14-5-6-16(25-14)15(11-24-3)20-18(23)22-9-7-13(8-10-22)17-19-12(2)21-26-17/h5-6,13,15H,4,7-11H2,1-3H3,(H,20,23). The maximum atomic E-state index is 12.6. The zero-order valence-corrected chi connectivity index (χ0v) is 15.5. The van der Waals surface area contributed by atoms with E-state index in [4.69, 9.17) is 13.7 Å². The van der Waals surface area contributed by atoms with Crippen LogP contribution in [-0.2, 0) is 11.2 Å². The molecule has 0 saturated carbocycles. The van der Waals surface area contributed by atoms with Gasteiger partial charge in [0.25, 0.3) is 0 Å². The molecule has 8 heteroatoms. The third-order valence-electron chi connectivity index (χ3n) is 4.68. The van der Waals surface area contributed by atoms with Crippen LogP contribution in [0.25, 0.3) is 0 Å². The molecule has 0 spiro atoms. The highest BCUT2D eigenvalue weighted by molar-refractivity contribution is 5.74. The van der Waals surface area contributed by atoms with Crippen molar-refractivity contribution in [1.82, 2.24) is 20.4 Å². The van der Waals surface area contributed by atoms with Crippen LogP contribution in [-0.4, -0.2) is 47.9 Å². The van der Waals surface area contributed by atoms with E-state index in [1.165, 1.54) is 0 Å². The largest absolute Gasteiger partial charge is 0.464 e. The summed E-state index contributed by atoms with van der Waals surface area (Å²) in [6.07, 6.45) is 2.44. The van der Waals surface area contributed by atoms with Gasteiger partial charge in [0.2, 0.25) is 5.89 Å². The van der Waals surface area contributed by atoms with Gasteiger partial charge in [-0.1, -0.05) is 12.1 Å². The number of piperidine rings is 1. The van der Waals surface area contributed by atoms with Crippen molar-refractivity contribution in [1.29, 1.82) is 0 Å². The van der Waals surface area contributed by atoms with Crippen LogP contribution in [0.3, 0.4) is 0 Å². The number of carbonyl (C=O) groups excluding carboxylic acids is 1. The number of ether oxygens (including phenoxy) is 1. The third-order valence-corrected chi connectivity index (χ3v) is 4.68. The summed E-state index contributed by atoms with van der Waals surface area (Å²) >= 11 is 0. The van der Waals surface area contributed by atoms with Crippen molar-refractivity contribution in [2.45, 2.75) is 45.1 Å². The summed E-state index contributed by atoms with van der Waals surface area (Å²) in [5.41, 5.74) is 0. The highest BCUT2D eigenvalue weighted by Gasteiger charge is 2.29. The summed E-state index contributed by atoms with van der Waals surface area (Å²) < 4.78 is 16.3. The van der Waals surface area contributed by atoms with E-state index < -0.39 is 0 Å². The quantitative estimate of drug-likeness (QED) is 0.849. The summed E-state index contributed by atoms with van der Waals surface area (Å²) in [6.45, 7) is 5.50. The Morgan fingerprint density at radius 2 is 2.19 bits per heavy atom. The maximum Gasteiger partial charge on any atom is 0.318 e. The predicted molar refractivity (Wildman–Crippen MR) is 93.8 cm³/mol. The summed E-state index contributed by atoms with van der Waals surface area (Å²) in [5.74, 6) is 3.14. The lowest BCUT2D eigenvalue weighted by Crippen LogP contribution is -2.46. The molecule has 1 unspecified atom stereocenters. The Balaban J connectivity index is 1.56. The summed E-state index contributed by atoms with van der Waals surface area (Å²) in [5, 5.41) is 6.86. The highest BCUT2D eigenvalue weighted by atomic mass is 16.5. The molecular formula is C18H26N4O4. The molecule has 0 aromatic carbocycles. The number of hydrogen-bond donors (Lipinski definition) is 1. The second kappa shape index (κ2) is 8.35. The molecule has 3 heterocycles. The van der Waals surface area contributed by atoms with Gasteiger partial charge in [-0.25, -0.2) is 4.79 Å². The lowest BCUT2D eigenvalue weighted by atomic mass is 9.97. The van der Waals surface area contributed by atoms with Gasteiger partial charge < -0.3 is 23.9 Å². The van der Waals surface area contributed by atoms with Gasteiger partial charge in [-0.05, 0) is 31.9 Å². The second-order valence-electron chi connectivity index (χ2n) is 6.56. The van der Waals surface area contributed by atoms with Crippen LogP contribution < -0.4 is 5.32 Å². The van der Waals surface area contributed by atoms with Crippen molar-refractivity contribution in [3.05, 3.63) is 35.4 Å². The van der Waals surface area contributed by atoms with Gasteiger partial charge in [0.05, 0.1) is 6.61 Å². The molecule has 1 N–H and O–H groups in total. The molecule has 8 nitrogen and oxygen atoms in total. The zero-order valence-electron chi connectivity index (χ0n) is 15.5.